The molecule has 0 aromatic heterocycles. The minimum absolute atomic E-state index is 0.196. The summed E-state index contributed by atoms with van der Waals surface area (Å²) in [6.45, 7) is 2.40. The van der Waals surface area contributed by atoms with Gasteiger partial charge >= 0.3 is 0 Å². The smallest absolute Gasteiger partial charge is 0.128 e. The predicted molar refractivity (Wildman–Crippen MR) is 69.9 cm³/mol. The van der Waals surface area contributed by atoms with Gasteiger partial charge < -0.3 is 5.32 Å². The van der Waals surface area contributed by atoms with E-state index in [2.05, 4.69) is 5.32 Å². The molecule has 0 unspecified atom stereocenters. The normalized spacial score (nSPS) is 10.3. The van der Waals surface area contributed by atoms with Gasteiger partial charge in [0.1, 0.15) is 5.82 Å². The zero-order valence-electron chi connectivity index (χ0n) is 9.50. The molecule has 0 spiro atoms. The molecule has 0 aliphatic carbocycles. The molecular weight excluding hydrogens is 237 g/mol. The predicted octanol–water partition coefficient (Wildman–Crippen LogP) is 4.40. The van der Waals surface area contributed by atoms with Crippen molar-refractivity contribution >= 4 is 17.3 Å². The van der Waals surface area contributed by atoms with Crippen LogP contribution in [0.1, 0.15) is 11.1 Å². The van der Waals surface area contributed by atoms with E-state index in [-0.39, 0.29) is 5.82 Å². The van der Waals surface area contributed by atoms with E-state index in [9.17, 15) is 4.39 Å². The van der Waals surface area contributed by atoms with E-state index in [0.717, 1.165) is 11.3 Å². The third kappa shape index (κ3) is 2.98. The molecule has 2 rings (SSSR count). The molecule has 0 amide bonds. The summed E-state index contributed by atoms with van der Waals surface area (Å²) < 4.78 is 13.4. The Morgan fingerprint density at radius 2 is 1.94 bits per heavy atom. The number of hydrogen-bond acceptors (Lipinski definition) is 1. The monoisotopic (exact) mass is 249 g/mol. The summed E-state index contributed by atoms with van der Waals surface area (Å²) in [5.74, 6) is -0.196. The highest BCUT2D eigenvalue weighted by molar-refractivity contribution is 6.31. The van der Waals surface area contributed by atoms with Crippen molar-refractivity contribution in [3.05, 3.63) is 64.4 Å². The molecule has 0 saturated heterocycles. The highest BCUT2D eigenvalue weighted by Crippen LogP contribution is 2.20. The third-order valence-electron chi connectivity index (χ3n) is 2.61. The fraction of sp³-hybridized carbons (Fsp3) is 0.143. The largest absolute Gasteiger partial charge is 0.381 e. The van der Waals surface area contributed by atoms with Crippen molar-refractivity contribution in [2.24, 2.45) is 0 Å². The van der Waals surface area contributed by atoms with Crippen LogP contribution in [0.3, 0.4) is 0 Å². The van der Waals surface area contributed by atoms with E-state index < -0.39 is 0 Å². The first-order valence-corrected chi connectivity index (χ1v) is 5.78. The highest BCUT2D eigenvalue weighted by atomic mass is 35.5. The number of benzene rings is 2. The van der Waals surface area contributed by atoms with Crippen molar-refractivity contribution in [2.45, 2.75) is 13.5 Å². The quantitative estimate of drug-likeness (QED) is 0.850. The van der Waals surface area contributed by atoms with Crippen LogP contribution in [0.15, 0.2) is 42.5 Å². The van der Waals surface area contributed by atoms with Crippen LogP contribution in [-0.4, -0.2) is 0 Å². The van der Waals surface area contributed by atoms with Gasteiger partial charge in [-0.25, -0.2) is 4.39 Å². The Bertz CT molecular complexity index is 525. The lowest BCUT2D eigenvalue weighted by Crippen LogP contribution is -2.01. The Morgan fingerprint density at radius 1 is 1.18 bits per heavy atom. The fourth-order valence-electron chi connectivity index (χ4n) is 1.54. The van der Waals surface area contributed by atoms with Gasteiger partial charge in [-0.1, -0.05) is 35.9 Å². The zero-order valence-corrected chi connectivity index (χ0v) is 10.3. The standard InChI is InChI=1S/C14H13ClFN/c1-10-6-7-12(8-13(10)15)17-9-11-4-2-3-5-14(11)16/h2-8,17H,9H2,1H3. The molecule has 0 radical (unpaired) electrons. The number of anilines is 1. The number of hydrogen-bond donors (Lipinski definition) is 1. The summed E-state index contributed by atoms with van der Waals surface area (Å²) in [5.41, 5.74) is 2.57. The van der Waals surface area contributed by atoms with Gasteiger partial charge in [0.15, 0.2) is 0 Å². The Balaban J connectivity index is 2.08. The maximum absolute atomic E-state index is 13.4. The SMILES string of the molecule is Cc1ccc(NCc2ccccc2F)cc1Cl. The lowest BCUT2D eigenvalue weighted by molar-refractivity contribution is 0.613. The van der Waals surface area contributed by atoms with Crippen LogP contribution in [0.2, 0.25) is 5.02 Å². The minimum atomic E-state index is -0.196. The van der Waals surface area contributed by atoms with Gasteiger partial charge in [0.05, 0.1) is 0 Å². The van der Waals surface area contributed by atoms with Gasteiger partial charge in [0.2, 0.25) is 0 Å². The Hall–Kier alpha value is -1.54. The van der Waals surface area contributed by atoms with Crippen molar-refractivity contribution in [1.29, 1.82) is 0 Å². The molecule has 2 aromatic rings. The lowest BCUT2D eigenvalue weighted by Gasteiger charge is -2.08. The molecule has 0 atom stereocenters. The summed E-state index contributed by atoms with van der Waals surface area (Å²) in [7, 11) is 0. The average Bonchev–Trinajstić information content (AvgIpc) is 2.32. The van der Waals surface area contributed by atoms with Crippen molar-refractivity contribution in [1.82, 2.24) is 0 Å². The maximum Gasteiger partial charge on any atom is 0.128 e. The fourth-order valence-corrected chi connectivity index (χ4v) is 1.72. The summed E-state index contributed by atoms with van der Waals surface area (Å²) in [6.07, 6.45) is 0. The van der Waals surface area contributed by atoms with Gasteiger partial charge in [-0.3, -0.25) is 0 Å². The Labute approximate surface area is 105 Å². The second-order valence-corrected chi connectivity index (χ2v) is 4.32. The minimum Gasteiger partial charge on any atom is -0.381 e. The van der Waals surface area contributed by atoms with E-state index in [1.807, 2.05) is 31.2 Å². The molecule has 0 aliphatic rings. The molecule has 17 heavy (non-hydrogen) atoms. The summed E-state index contributed by atoms with van der Waals surface area (Å²) >= 11 is 6.01. The van der Waals surface area contributed by atoms with Crippen LogP contribution in [-0.2, 0) is 6.54 Å². The van der Waals surface area contributed by atoms with E-state index in [4.69, 9.17) is 11.6 Å². The molecule has 0 bridgehead atoms. The molecule has 3 heteroatoms. The molecule has 1 nitrogen and oxygen atoms in total. The average molecular weight is 250 g/mol. The number of rotatable bonds is 3. The molecule has 0 fully saturated rings. The van der Waals surface area contributed by atoms with Gasteiger partial charge in [-0.2, -0.15) is 0 Å². The third-order valence-corrected chi connectivity index (χ3v) is 3.02. The van der Waals surface area contributed by atoms with Crippen molar-refractivity contribution in [3.8, 4) is 0 Å². The second-order valence-electron chi connectivity index (χ2n) is 3.91. The first kappa shape index (κ1) is 11.9. The van der Waals surface area contributed by atoms with Crippen molar-refractivity contribution in [3.63, 3.8) is 0 Å². The molecule has 88 valence electrons. The van der Waals surface area contributed by atoms with Gasteiger partial charge in [-0.15, -0.1) is 0 Å². The van der Waals surface area contributed by atoms with Crippen LogP contribution in [0, 0.1) is 12.7 Å². The summed E-state index contributed by atoms with van der Waals surface area (Å²) in [4.78, 5) is 0. The van der Waals surface area contributed by atoms with Crippen LogP contribution in [0.4, 0.5) is 10.1 Å². The highest BCUT2D eigenvalue weighted by Gasteiger charge is 2.01. The first-order valence-electron chi connectivity index (χ1n) is 5.40. The van der Waals surface area contributed by atoms with E-state index in [1.54, 1.807) is 12.1 Å². The molecular formula is C14H13ClFN. The number of halogens is 2. The van der Waals surface area contributed by atoms with Gasteiger partial charge in [0, 0.05) is 22.8 Å². The van der Waals surface area contributed by atoms with E-state index in [1.165, 1.54) is 6.07 Å². The van der Waals surface area contributed by atoms with Crippen molar-refractivity contribution in [2.75, 3.05) is 5.32 Å². The topological polar surface area (TPSA) is 12.0 Å². The Kier molecular flexibility index (Phi) is 3.64. The van der Waals surface area contributed by atoms with Crippen LogP contribution >= 0.6 is 11.6 Å². The Morgan fingerprint density at radius 3 is 2.65 bits per heavy atom. The summed E-state index contributed by atoms with van der Waals surface area (Å²) in [5, 5.41) is 3.86. The maximum atomic E-state index is 13.4. The van der Waals surface area contributed by atoms with Gasteiger partial charge in [0.25, 0.3) is 0 Å². The first-order chi connectivity index (χ1) is 8.16. The molecule has 0 saturated carbocycles. The molecule has 2 aromatic carbocycles. The molecule has 1 N–H and O–H groups in total. The number of nitrogens with one attached hydrogen (secondary N) is 1. The number of aryl methyl sites for hydroxylation is 1. The second kappa shape index (κ2) is 5.19. The molecule has 0 aliphatic heterocycles. The van der Waals surface area contributed by atoms with E-state index in [0.29, 0.717) is 17.1 Å². The zero-order chi connectivity index (χ0) is 12.3. The lowest BCUT2D eigenvalue weighted by atomic mass is 10.2. The van der Waals surface area contributed by atoms with Crippen molar-refractivity contribution < 1.29 is 4.39 Å². The van der Waals surface area contributed by atoms with Crippen LogP contribution < -0.4 is 5.32 Å². The van der Waals surface area contributed by atoms with Crippen LogP contribution in [0.5, 0.6) is 0 Å². The van der Waals surface area contributed by atoms with E-state index >= 15 is 0 Å². The summed E-state index contributed by atoms with van der Waals surface area (Å²) in [6, 6.07) is 12.4. The molecule has 0 heterocycles. The van der Waals surface area contributed by atoms with Crippen LogP contribution in [0.25, 0.3) is 0 Å². The van der Waals surface area contributed by atoms with Gasteiger partial charge in [-0.05, 0) is 30.7 Å².